The maximum absolute atomic E-state index is 14.1. The molecule has 3 nitrogen and oxygen atoms in total. The van der Waals surface area contributed by atoms with E-state index in [1.807, 2.05) is 11.4 Å². The lowest BCUT2D eigenvalue weighted by molar-refractivity contribution is -0.167. The van der Waals surface area contributed by atoms with Gasteiger partial charge >= 0.3 is 5.97 Å². The molecule has 5 aliphatic rings. The van der Waals surface area contributed by atoms with Gasteiger partial charge in [0.05, 0.1) is 12.0 Å². The molecule has 2 unspecified atom stereocenters. The van der Waals surface area contributed by atoms with E-state index in [1.54, 1.807) is 6.07 Å². The molecule has 0 amide bonds. The summed E-state index contributed by atoms with van der Waals surface area (Å²) in [7, 11) is 0. The zero-order chi connectivity index (χ0) is 22.9. The molecule has 6 rings (SSSR count). The number of fused-ring (bicyclic) bond motifs is 3. The Kier molecular flexibility index (Phi) is 4.98. The number of esters is 1. The number of hydrogen-bond acceptors (Lipinski definition) is 4. The van der Waals surface area contributed by atoms with Crippen molar-refractivity contribution < 1.29 is 14.3 Å². The summed E-state index contributed by atoms with van der Waals surface area (Å²) in [5.41, 5.74) is 2.02. The van der Waals surface area contributed by atoms with E-state index in [0.717, 1.165) is 61.7 Å². The van der Waals surface area contributed by atoms with E-state index in [-0.39, 0.29) is 34.4 Å². The Labute approximate surface area is 195 Å². The van der Waals surface area contributed by atoms with Crippen LogP contribution in [0.5, 0.6) is 0 Å². The van der Waals surface area contributed by atoms with Gasteiger partial charge in [0.2, 0.25) is 0 Å². The van der Waals surface area contributed by atoms with Crippen LogP contribution >= 0.6 is 11.3 Å². The third-order valence-electron chi connectivity index (χ3n) is 9.74. The van der Waals surface area contributed by atoms with Crippen LogP contribution in [0.3, 0.4) is 0 Å². The summed E-state index contributed by atoms with van der Waals surface area (Å²) in [4.78, 5) is 27.4. The zero-order valence-corrected chi connectivity index (χ0v) is 20.2. The normalized spacial score (nSPS) is 40.8. The van der Waals surface area contributed by atoms with Crippen LogP contribution in [0.1, 0.15) is 68.5 Å². The van der Waals surface area contributed by atoms with Crippen molar-refractivity contribution in [2.75, 3.05) is 6.61 Å². The highest BCUT2D eigenvalue weighted by Crippen LogP contribution is 2.73. The van der Waals surface area contributed by atoms with Crippen LogP contribution in [-0.2, 0) is 9.53 Å². The Morgan fingerprint density at radius 2 is 2.00 bits per heavy atom. The number of rotatable bonds is 4. The second kappa shape index (κ2) is 7.28. The summed E-state index contributed by atoms with van der Waals surface area (Å²) in [5, 5.41) is 1.89. The van der Waals surface area contributed by atoms with E-state index in [1.165, 1.54) is 11.3 Å². The summed E-state index contributed by atoms with van der Waals surface area (Å²) < 4.78 is 5.87. The number of ether oxygens (including phenoxy) is 1. The smallest absolute Gasteiger partial charge is 0.348 e. The third kappa shape index (κ3) is 2.65. The number of ketones is 1. The van der Waals surface area contributed by atoms with Gasteiger partial charge in [0.25, 0.3) is 0 Å². The van der Waals surface area contributed by atoms with Crippen molar-refractivity contribution in [2.45, 2.75) is 58.8 Å². The van der Waals surface area contributed by atoms with E-state index in [9.17, 15) is 9.59 Å². The molecule has 6 atom stereocenters. The average molecular weight is 451 g/mol. The Morgan fingerprint density at radius 3 is 2.69 bits per heavy atom. The number of thiophene rings is 1. The number of Topliss-reactive ketones (excluding diaryl/α,β-unsaturated/α-hetero) is 1. The minimum absolute atomic E-state index is 0.00432. The predicted molar refractivity (Wildman–Crippen MR) is 128 cm³/mol. The fourth-order valence-electron chi connectivity index (χ4n) is 8.37. The summed E-state index contributed by atoms with van der Waals surface area (Å²) in [6.07, 6.45) is 7.10. The largest absolute Gasteiger partial charge is 0.461 e. The molecule has 32 heavy (non-hydrogen) atoms. The van der Waals surface area contributed by atoms with Crippen LogP contribution in [0.25, 0.3) is 0 Å². The molecular formula is C28H34O3S. The first-order valence-electron chi connectivity index (χ1n) is 12.0. The van der Waals surface area contributed by atoms with E-state index in [2.05, 4.69) is 33.6 Å². The van der Waals surface area contributed by atoms with Crippen LogP contribution in [0.4, 0.5) is 0 Å². The fourth-order valence-corrected chi connectivity index (χ4v) is 8.98. The molecule has 5 saturated carbocycles. The molecule has 0 saturated heterocycles. The van der Waals surface area contributed by atoms with Crippen LogP contribution in [0.2, 0.25) is 0 Å². The molecule has 2 bridgehead atoms. The second-order valence-electron chi connectivity index (χ2n) is 10.9. The van der Waals surface area contributed by atoms with Gasteiger partial charge in [-0.25, -0.2) is 4.79 Å². The Bertz CT molecular complexity index is 1020. The highest BCUT2D eigenvalue weighted by Gasteiger charge is 2.70. The minimum Gasteiger partial charge on any atom is -0.461 e. The van der Waals surface area contributed by atoms with Crippen molar-refractivity contribution in [2.24, 2.45) is 34.0 Å². The summed E-state index contributed by atoms with van der Waals surface area (Å²) in [6.45, 7) is 18.1. The number of allylic oxidation sites excluding steroid dienone is 3. The first kappa shape index (κ1) is 21.9. The van der Waals surface area contributed by atoms with E-state index >= 15 is 0 Å². The summed E-state index contributed by atoms with van der Waals surface area (Å²) >= 11 is 1.40. The third-order valence-corrected chi connectivity index (χ3v) is 10.6. The van der Waals surface area contributed by atoms with E-state index in [0.29, 0.717) is 17.4 Å². The van der Waals surface area contributed by atoms with Crippen LogP contribution in [-0.4, -0.2) is 18.4 Å². The lowest BCUT2D eigenvalue weighted by Gasteiger charge is -2.68. The maximum atomic E-state index is 14.1. The topological polar surface area (TPSA) is 43.4 Å². The van der Waals surface area contributed by atoms with Crippen LogP contribution in [0.15, 0.2) is 54.0 Å². The van der Waals surface area contributed by atoms with Gasteiger partial charge in [0, 0.05) is 11.3 Å². The fraction of sp³-hybridized carbons (Fsp3) is 0.571. The van der Waals surface area contributed by atoms with E-state index in [4.69, 9.17) is 4.74 Å². The molecule has 1 spiro atoms. The van der Waals surface area contributed by atoms with Crippen molar-refractivity contribution in [1.29, 1.82) is 0 Å². The van der Waals surface area contributed by atoms with Gasteiger partial charge in [0.15, 0.2) is 5.78 Å². The first-order valence-corrected chi connectivity index (χ1v) is 12.9. The van der Waals surface area contributed by atoms with Gasteiger partial charge in [-0.15, -0.1) is 11.3 Å². The zero-order valence-electron chi connectivity index (χ0n) is 19.4. The van der Waals surface area contributed by atoms with Gasteiger partial charge in [-0.3, -0.25) is 4.79 Å². The standard InChI is InChI=1S/C28H34O3S/c1-6-27-12-8-11-26(5,16-31-25(30)21-9-7-14-32-21)23(27)18(3)24(29)28-13-10-20(15-22(27)28)17(2)19(28)4/h7,9,14,20,22-23H,2-4,6,8,10-13,15-16H2,1,5H3/t20-,22?,23?,26-,27-,28+/m0/s1. The van der Waals surface area contributed by atoms with Gasteiger partial charge in [-0.1, -0.05) is 46.1 Å². The molecule has 0 aromatic carbocycles. The molecular weight excluding hydrogens is 416 g/mol. The first-order chi connectivity index (χ1) is 15.2. The molecule has 170 valence electrons. The molecule has 4 heteroatoms. The summed E-state index contributed by atoms with van der Waals surface area (Å²) in [5.74, 6) is 0.696. The van der Waals surface area contributed by atoms with Crippen molar-refractivity contribution >= 4 is 23.1 Å². The predicted octanol–water partition coefficient (Wildman–Crippen LogP) is 6.78. The quantitative estimate of drug-likeness (QED) is 0.375. The maximum Gasteiger partial charge on any atom is 0.348 e. The van der Waals surface area contributed by atoms with Crippen LogP contribution < -0.4 is 0 Å². The van der Waals surface area contributed by atoms with Gasteiger partial charge in [-0.2, -0.15) is 0 Å². The molecule has 1 aromatic heterocycles. The van der Waals surface area contributed by atoms with Crippen molar-refractivity contribution in [3.63, 3.8) is 0 Å². The Hall–Kier alpha value is -1.94. The number of carbonyl (C=O) groups is 2. The molecule has 0 radical (unpaired) electrons. The number of hydrogen-bond donors (Lipinski definition) is 0. The molecule has 5 aliphatic carbocycles. The second-order valence-corrected chi connectivity index (χ2v) is 11.9. The molecule has 0 N–H and O–H groups in total. The molecule has 1 heterocycles. The lowest BCUT2D eigenvalue weighted by Crippen LogP contribution is -2.66. The van der Waals surface area contributed by atoms with Crippen molar-refractivity contribution in [3.05, 3.63) is 58.8 Å². The van der Waals surface area contributed by atoms with Crippen molar-refractivity contribution in [1.82, 2.24) is 0 Å². The average Bonchev–Trinajstić information content (AvgIpc) is 3.34. The van der Waals surface area contributed by atoms with E-state index < -0.39 is 5.41 Å². The molecule has 1 aromatic rings. The Morgan fingerprint density at radius 1 is 1.22 bits per heavy atom. The Balaban J connectivity index is 1.54. The molecule has 5 fully saturated rings. The van der Waals surface area contributed by atoms with Crippen LogP contribution in [0, 0.1) is 34.0 Å². The highest BCUT2D eigenvalue weighted by molar-refractivity contribution is 7.11. The lowest BCUT2D eigenvalue weighted by atomic mass is 9.34. The van der Waals surface area contributed by atoms with Gasteiger partial charge in [0.1, 0.15) is 4.88 Å². The van der Waals surface area contributed by atoms with Crippen molar-refractivity contribution in [3.8, 4) is 0 Å². The number of carbonyl (C=O) groups excluding carboxylic acids is 2. The summed E-state index contributed by atoms with van der Waals surface area (Å²) in [6, 6.07) is 3.67. The SMILES string of the molecule is C=C1C(=O)[C@@]23CC[C@@H](CC2[C@]2(CC)CCC[C@@](C)(COC(=O)c4cccs4)C12)C(=C)C3=C. The highest BCUT2D eigenvalue weighted by atomic mass is 32.1. The minimum atomic E-state index is -0.513. The monoisotopic (exact) mass is 450 g/mol. The van der Waals surface area contributed by atoms with Gasteiger partial charge in [-0.05, 0) is 83.9 Å². The van der Waals surface area contributed by atoms with Gasteiger partial charge < -0.3 is 4.74 Å². The molecule has 0 aliphatic heterocycles.